The third-order valence-electron chi connectivity index (χ3n) is 4.59. The lowest BCUT2D eigenvalue weighted by molar-refractivity contribution is 0.112. The topological polar surface area (TPSA) is 27.7 Å². The highest BCUT2D eigenvalue weighted by Crippen LogP contribution is 2.15. The van der Waals surface area contributed by atoms with Gasteiger partial charge in [0.25, 0.3) is 0 Å². The first kappa shape index (κ1) is 17.5. The van der Waals surface area contributed by atoms with Crippen molar-refractivity contribution >= 4 is 17.3 Å². The second kappa shape index (κ2) is 8.18. The molecular formula is C17H23F2N3OS. The highest BCUT2D eigenvalue weighted by molar-refractivity contribution is 7.80. The molecule has 2 fully saturated rings. The van der Waals surface area contributed by atoms with Gasteiger partial charge in [-0.15, -0.1) is 0 Å². The first-order chi connectivity index (χ1) is 11.6. The zero-order valence-electron chi connectivity index (χ0n) is 13.6. The number of hydrogen-bond donors (Lipinski definition) is 1. The van der Waals surface area contributed by atoms with Gasteiger partial charge in [0.1, 0.15) is 0 Å². The Morgan fingerprint density at radius 3 is 2.75 bits per heavy atom. The normalized spacial score (nSPS) is 21.9. The number of rotatable bonds is 4. The first-order valence-corrected chi connectivity index (χ1v) is 8.84. The van der Waals surface area contributed by atoms with Gasteiger partial charge in [0.05, 0.1) is 6.10 Å². The second-order valence-electron chi connectivity index (χ2n) is 6.30. The summed E-state index contributed by atoms with van der Waals surface area (Å²) in [5, 5.41) is 4.03. The van der Waals surface area contributed by atoms with Gasteiger partial charge in [-0.1, -0.05) is 12.1 Å². The molecule has 0 amide bonds. The summed E-state index contributed by atoms with van der Waals surface area (Å²) in [6, 6.07) is 4.33. The Morgan fingerprint density at radius 1 is 1.25 bits per heavy atom. The molecule has 0 bridgehead atoms. The number of nitrogens with one attached hydrogen (secondary N) is 1. The van der Waals surface area contributed by atoms with Gasteiger partial charge in [-0.05, 0) is 31.1 Å². The van der Waals surface area contributed by atoms with E-state index in [9.17, 15) is 8.78 Å². The van der Waals surface area contributed by atoms with E-state index in [1.165, 1.54) is 0 Å². The molecule has 4 nitrogen and oxygen atoms in total. The Balaban J connectivity index is 1.43. The lowest BCUT2D eigenvalue weighted by atomic mass is 10.2. The van der Waals surface area contributed by atoms with Crippen LogP contribution >= 0.6 is 12.2 Å². The van der Waals surface area contributed by atoms with Crippen molar-refractivity contribution in [3.63, 3.8) is 0 Å². The molecule has 2 aliphatic heterocycles. The van der Waals surface area contributed by atoms with Gasteiger partial charge in [0.15, 0.2) is 16.7 Å². The average Bonchev–Trinajstić information content (AvgIpc) is 3.11. The van der Waals surface area contributed by atoms with Gasteiger partial charge >= 0.3 is 0 Å². The van der Waals surface area contributed by atoms with E-state index in [0.29, 0.717) is 12.1 Å². The molecule has 2 heterocycles. The Hall–Kier alpha value is -1.31. The van der Waals surface area contributed by atoms with Crippen molar-refractivity contribution in [1.29, 1.82) is 0 Å². The van der Waals surface area contributed by atoms with Gasteiger partial charge < -0.3 is 15.0 Å². The molecule has 7 heteroatoms. The van der Waals surface area contributed by atoms with E-state index in [1.54, 1.807) is 12.1 Å². The molecule has 2 saturated heterocycles. The van der Waals surface area contributed by atoms with Crippen molar-refractivity contribution in [3.05, 3.63) is 35.4 Å². The van der Waals surface area contributed by atoms with Crippen LogP contribution in [0, 0.1) is 11.6 Å². The third kappa shape index (κ3) is 4.40. The molecule has 2 aliphatic rings. The van der Waals surface area contributed by atoms with Crippen LogP contribution in [0.15, 0.2) is 18.2 Å². The summed E-state index contributed by atoms with van der Waals surface area (Å²) in [6.45, 7) is 5.15. The second-order valence-corrected chi connectivity index (χ2v) is 6.68. The van der Waals surface area contributed by atoms with Crippen LogP contribution in [0.25, 0.3) is 0 Å². The summed E-state index contributed by atoms with van der Waals surface area (Å²) in [5.41, 5.74) is 0.405. The van der Waals surface area contributed by atoms with Crippen molar-refractivity contribution in [2.45, 2.75) is 25.5 Å². The Labute approximate surface area is 146 Å². The minimum absolute atomic E-state index is 0.264. The molecule has 1 unspecified atom stereocenters. The summed E-state index contributed by atoms with van der Waals surface area (Å²) in [5.74, 6) is -1.53. The number of hydrogen-bond acceptors (Lipinski definition) is 3. The van der Waals surface area contributed by atoms with Crippen molar-refractivity contribution in [1.82, 2.24) is 15.1 Å². The Kier molecular flexibility index (Phi) is 5.97. The van der Waals surface area contributed by atoms with E-state index in [0.717, 1.165) is 63.4 Å². The first-order valence-electron chi connectivity index (χ1n) is 8.43. The fourth-order valence-electron chi connectivity index (χ4n) is 3.14. The van der Waals surface area contributed by atoms with Crippen molar-refractivity contribution in [3.8, 4) is 0 Å². The number of piperazine rings is 1. The van der Waals surface area contributed by atoms with Crippen LogP contribution in [0.3, 0.4) is 0 Å². The van der Waals surface area contributed by atoms with Crippen LogP contribution in [0.2, 0.25) is 0 Å². The Morgan fingerprint density at radius 2 is 2.04 bits per heavy atom. The number of thiocarbonyl (C=S) groups is 1. The van der Waals surface area contributed by atoms with Crippen molar-refractivity contribution in [2.75, 3.05) is 39.3 Å². The van der Waals surface area contributed by atoms with Crippen LogP contribution in [0.4, 0.5) is 8.78 Å². The standard InChI is InChI=1S/C17H23F2N3OS/c18-15-5-1-3-13(16(15)19)12-21-6-8-22(9-7-21)17(24)20-11-14-4-2-10-23-14/h1,3,5,14H,2,4,6-12H2,(H,20,24). The molecule has 0 aromatic heterocycles. The van der Waals surface area contributed by atoms with E-state index in [-0.39, 0.29) is 6.10 Å². The zero-order chi connectivity index (χ0) is 16.9. The maximum absolute atomic E-state index is 13.8. The molecule has 1 aromatic rings. The number of nitrogens with zero attached hydrogens (tertiary/aromatic N) is 2. The summed E-state index contributed by atoms with van der Waals surface area (Å²) in [6.07, 6.45) is 2.47. The zero-order valence-corrected chi connectivity index (χ0v) is 14.5. The molecule has 1 N–H and O–H groups in total. The SMILES string of the molecule is Fc1cccc(CN2CCN(C(=S)NCC3CCCO3)CC2)c1F. The lowest BCUT2D eigenvalue weighted by Crippen LogP contribution is -2.52. The summed E-state index contributed by atoms with van der Waals surface area (Å²) in [7, 11) is 0. The van der Waals surface area contributed by atoms with Gasteiger partial charge in [0.2, 0.25) is 0 Å². The molecule has 3 rings (SSSR count). The fourth-order valence-corrected chi connectivity index (χ4v) is 3.40. The van der Waals surface area contributed by atoms with Crippen molar-refractivity contribution < 1.29 is 13.5 Å². The molecule has 0 aliphatic carbocycles. The van der Waals surface area contributed by atoms with Gasteiger partial charge in [0, 0.05) is 51.4 Å². The summed E-state index contributed by atoms with van der Waals surface area (Å²) < 4.78 is 32.6. The largest absolute Gasteiger partial charge is 0.376 e. The van der Waals surface area contributed by atoms with E-state index in [1.807, 2.05) is 0 Å². The van der Waals surface area contributed by atoms with Crippen molar-refractivity contribution in [2.24, 2.45) is 0 Å². The minimum Gasteiger partial charge on any atom is -0.376 e. The molecule has 24 heavy (non-hydrogen) atoms. The van der Waals surface area contributed by atoms with E-state index in [2.05, 4.69) is 15.1 Å². The van der Waals surface area contributed by atoms with Crippen LogP contribution in [0.5, 0.6) is 0 Å². The summed E-state index contributed by atoms with van der Waals surface area (Å²) >= 11 is 5.45. The van der Waals surface area contributed by atoms with Crippen LogP contribution < -0.4 is 5.32 Å². The smallest absolute Gasteiger partial charge is 0.169 e. The molecule has 1 aromatic carbocycles. The molecule has 0 spiro atoms. The highest BCUT2D eigenvalue weighted by Gasteiger charge is 2.22. The quantitative estimate of drug-likeness (QED) is 0.836. The summed E-state index contributed by atoms with van der Waals surface area (Å²) in [4.78, 5) is 4.25. The fraction of sp³-hybridized carbons (Fsp3) is 0.588. The predicted octanol–water partition coefficient (Wildman–Crippen LogP) is 2.14. The lowest BCUT2D eigenvalue weighted by Gasteiger charge is -2.36. The minimum atomic E-state index is -0.786. The average molecular weight is 355 g/mol. The number of ether oxygens (including phenoxy) is 1. The maximum atomic E-state index is 13.8. The molecule has 1 atom stereocenters. The molecule has 0 saturated carbocycles. The van der Waals surface area contributed by atoms with E-state index >= 15 is 0 Å². The van der Waals surface area contributed by atoms with Gasteiger partial charge in [-0.25, -0.2) is 8.78 Å². The Bertz CT molecular complexity index is 573. The number of halogens is 2. The van der Waals surface area contributed by atoms with Crippen LogP contribution in [-0.4, -0.2) is 60.3 Å². The van der Waals surface area contributed by atoms with Crippen LogP contribution in [0.1, 0.15) is 18.4 Å². The van der Waals surface area contributed by atoms with Gasteiger partial charge in [-0.2, -0.15) is 0 Å². The predicted molar refractivity (Wildman–Crippen MR) is 92.8 cm³/mol. The molecule has 132 valence electrons. The van der Waals surface area contributed by atoms with E-state index < -0.39 is 11.6 Å². The number of benzene rings is 1. The monoisotopic (exact) mass is 355 g/mol. The van der Waals surface area contributed by atoms with E-state index in [4.69, 9.17) is 17.0 Å². The van der Waals surface area contributed by atoms with Gasteiger partial charge in [-0.3, -0.25) is 4.90 Å². The highest BCUT2D eigenvalue weighted by atomic mass is 32.1. The van der Waals surface area contributed by atoms with Crippen LogP contribution in [-0.2, 0) is 11.3 Å². The third-order valence-corrected chi connectivity index (χ3v) is 4.99. The molecular weight excluding hydrogens is 332 g/mol. The molecule has 0 radical (unpaired) electrons. The maximum Gasteiger partial charge on any atom is 0.169 e.